The first-order chi connectivity index (χ1) is 9.79. The molecule has 1 atom stereocenters. The Morgan fingerprint density at radius 3 is 2.67 bits per heavy atom. The van der Waals surface area contributed by atoms with Gasteiger partial charge in [-0.1, -0.05) is 18.2 Å². The first kappa shape index (κ1) is 15.4. The number of para-hydroxylation sites is 1. The summed E-state index contributed by atoms with van der Waals surface area (Å²) < 4.78 is 0. The standard InChI is InChI=1S/C16H23N3O2/c1-16(2,3)19(15(20)21)10-12(17)8-11-9-18-14-7-5-4-6-13(11)14/h4-7,9,12,18H,8,10,17H2,1-3H3,(H,20,21)/t12-/m1/s1. The number of carbonyl (C=O) groups is 1. The van der Waals surface area contributed by atoms with Crippen LogP contribution in [0, 0.1) is 0 Å². The average molecular weight is 289 g/mol. The van der Waals surface area contributed by atoms with Gasteiger partial charge < -0.3 is 20.7 Å². The number of nitrogens with zero attached hydrogens (tertiary/aromatic N) is 1. The number of nitrogens with two attached hydrogens (primary N) is 1. The Balaban J connectivity index is 2.11. The minimum atomic E-state index is -0.933. The highest BCUT2D eigenvalue weighted by molar-refractivity contribution is 5.83. The summed E-state index contributed by atoms with van der Waals surface area (Å²) >= 11 is 0. The van der Waals surface area contributed by atoms with Gasteiger partial charge in [0.1, 0.15) is 0 Å². The first-order valence-electron chi connectivity index (χ1n) is 7.10. The average Bonchev–Trinajstić information content (AvgIpc) is 2.78. The Morgan fingerprint density at radius 2 is 2.05 bits per heavy atom. The summed E-state index contributed by atoms with van der Waals surface area (Å²) in [5, 5.41) is 10.5. The number of hydrogen-bond donors (Lipinski definition) is 3. The van der Waals surface area contributed by atoms with E-state index in [-0.39, 0.29) is 6.04 Å². The van der Waals surface area contributed by atoms with Crippen molar-refractivity contribution in [1.82, 2.24) is 9.88 Å². The summed E-state index contributed by atoms with van der Waals surface area (Å²) in [5.41, 5.74) is 7.91. The number of nitrogens with one attached hydrogen (secondary N) is 1. The van der Waals surface area contributed by atoms with Crippen LogP contribution in [0.4, 0.5) is 4.79 Å². The van der Waals surface area contributed by atoms with E-state index in [9.17, 15) is 9.90 Å². The van der Waals surface area contributed by atoms with Gasteiger partial charge >= 0.3 is 6.09 Å². The van der Waals surface area contributed by atoms with Crippen molar-refractivity contribution < 1.29 is 9.90 Å². The van der Waals surface area contributed by atoms with Crippen molar-refractivity contribution in [2.45, 2.75) is 38.8 Å². The molecule has 0 unspecified atom stereocenters. The fourth-order valence-electron chi connectivity index (χ4n) is 2.52. The second-order valence-electron chi connectivity index (χ2n) is 6.39. The van der Waals surface area contributed by atoms with E-state index < -0.39 is 11.6 Å². The van der Waals surface area contributed by atoms with Crippen molar-refractivity contribution >= 4 is 17.0 Å². The third-order valence-corrected chi connectivity index (χ3v) is 3.61. The first-order valence-corrected chi connectivity index (χ1v) is 7.10. The van der Waals surface area contributed by atoms with Crippen LogP contribution in [0.1, 0.15) is 26.3 Å². The lowest BCUT2D eigenvalue weighted by molar-refractivity contribution is 0.0960. The third-order valence-electron chi connectivity index (χ3n) is 3.61. The molecule has 0 saturated heterocycles. The fraction of sp³-hybridized carbons (Fsp3) is 0.438. The Bertz CT molecular complexity index is 628. The molecule has 1 heterocycles. The van der Waals surface area contributed by atoms with E-state index in [1.54, 1.807) is 0 Å². The van der Waals surface area contributed by atoms with Crippen LogP contribution in [0.25, 0.3) is 10.9 Å². The molecule has 0 fully saturated rings. The summed E-state index contributed by atoms with van der Waals surface area (Å²) in [4.78, 5) is 16.0. The van der Waals surface area contributed by atoms with Gasteiger partial charge in [-0.2, -0.15) is 0 Å². The molecule has 0 aliphatic heterocycles. The molecular weight excluding hydrogens is 266 g/mol. The normalized spacial score (nSPS) is 13.3. The van der Waals surface area contributed by atoms with Crippen LogP contribution >= 0.6 is 0 Å². The molecule has 2 rings (SSSR count). The molecular formula is C16H23N3O2. The van der Waals surface area contributed by atoms with Crippen LogP contribution in [0.15, 0.2) is 30.5 Å². The van der Waals surface area contributed by atoms with E-state index in [0.29, 0.717) is 13.0 Å². The van der Waals surface area contributed by atoms with Gasteiger partial charge in [0.15, 0.2) is 0 Å². The number of H-pyrrole nitrogens is 1. The lowest BCUT2D eigenvalue weighted by atomic mass is 10.0. The Morgan fingerprint density at radius 1 is 1.38 bits per heavy atom. The maximum Gasteiger partial charge on any atom is 0.407 e. The number of benzene rings is 1. The van der Waals surface area contributed by atoms with Crippen LogP contribution in [0.5, 0.6) is 0 Å². The maximum absolute atomic E-state index is 11.4. The van der Waals surface area contributed by atoms with Gasteiger partial charge in [-0.3, -0.25) is 0 Å². The van der Waals surface area contributed by atoms with E-state index in [4.69, 9.17) is 5.73 Å². The highest BCUT2D eigenvalue weighted by atomic mass is 16.4. The predicted octanol–water partition coefficient (Wildman–Crippen LogP) is 2.82. The smallest absolute Gasteiger partial charge is 0.407 e. The zero-order valence-electron chi connectivity index (χ0n) is 12.8. The lowest BCUT2D eigenvalue weighted by Crippen LogP contribution is -2.50. The van der Waals surface area contributed by atoms with Gasteiger partial charge in [0.25, 0.3) is 0 Å². The molecule has 1 aromatic carbocycles. The fourth-order valence-corrected chi connectivity index (χ4v) is 2.52. The highest BCUT2D eigenvalue weighted by Crippen LogP contribution is 2.20. The molecule has 0 aliphatic rings. The molecule has 21 heavy (non-hydrogen) atoms. The SMILES string of the molecule is CC(C)(C)N(C[C@H](N)Cc1c[nH]c2ccccc12)C(=O)O. The highest BCUT2D eigenvalue weighted by Gasteiger charge is 2.27. The van der Waals surface area contributed by atoms with Crippen molar-refractivity contribution in [3.63, 3.8) is 0 Å². The third kappa shape index (κ3) is 3.55. The van der Waals surface area contributed by atoms with E-state index in [2.05, 4.69) is 4.98 Å². The van der Waals surface area contributed by atoms with Crippen LogP contribution in [-0.4, -0.2) is 39.2 Å². The number of amides is 1. The molecule has 5 heteroatoms. The zero-order chi connectivity index (χ0) is 15.6. The van der Waals surface area contributed by atoms with Gasteiger partial charge in [-0.05, 0) is 38.8 Å². The molecule has 0 spiro atoms. The zero-order valence-corrected chi connectivity index (χ0v) is 12.8. The van der Waals surface area contributed by atoms with E-state index >= 15 is 0 Å². The molecule has 5 nitrogen and oxygen atoms in total. The van der Waals surface area contributed by atoms with E-state index in [1.165, 1.54) is 4.90 Å². The molecule has 1 amide bonds. The second-order valence-corrected chi connectivity index (χ2v) is 6.39. The van der Waals surface area contributed by atoms with Crippen molar-refractivity contribution in [3.8, 4) is 0 Å². The molecule has 1 aromatic heterocycles. The molecule has 0 aliphatic carbocycles. The van der Waals surface area contributed by atoms with Gasteiger partial charge in [-0.15, -0.1) is 0 Å². The Kier molecular flexibility index (Phi) is 4.23. The molecule has 2 aromatic rings. The monoisotopic (exact) mass is 289 g/mol. The summed E-state index contributed by atoms with van der Waals surface area (Å²) in [6.07, 6.45) is 1.66. The molecule has 0 saturated carbocycles. The van der Waals surface area contributed by atoms with Crippen molar-refractivity contribution in [3.05, 3.63) is 36.0 Å². The minimum Gasteiger partial charge on any atom is -0.465 e. The van der Waals surface area contributed by atoms with E-state index in [1.807, 2.05) is 51.2 Å². The summed E-state index contributed by atoms with van der Waals surface area (Å²) in [6, 6.07) is 7.80. The maximum atomic E-state index is 11.4. The summed E-state index contributed by atoms with van der Waals surface area (Å²) in [7, 11) is 0. The largest absolute Gasteiger partial charge is 0.465 e. The van der Waals surface area contributed by atoms with Gasteiger partial charge in [-0.25, -0.2) is 4.79 Å². The predicted molar refractivity (Wildman–Crippen MR) is 84.5 cm³/mol. The van der Waals surface area contributed by atoms with Crippen LogP contribution in [-0.2, 0) is 6.42 Å². The molecule has 0 bridgehead atoms. The summed E-state index contributed by atoms with van der Waals surface area (Å²) in [5.74, 6) is 0. The number of aromatic amines is 1. The number of hydrogen-bond acceptors (Lipinski definition) is 2. The number of fused-ring (bicyclic) bond motifs is 1. The molecule has 4 N–H and O–H groups in total. The molecule has 114 valence electrons. The Labute approximate surface area is 124 Å². The summed E-state index contributed by atoms with van der Waals surface area (Å²) in [6.45, 7) is 5.94. The lowest BCUT2D eigenvalue weighted by Gasteiger charge is -2.35. The van der Waals surface area contributed by atoms with Crippen LogP contribution < -0.4 is 5.73 Å². The van der Waals surface area contributed by atoms with Gasteiger partial charge in [0, 0.05) is 35.2 Å². The van der Waals surface area contributed by atoms with Crippen LogP contribution in [0.2, 0.25) is 0 Å². The number of rotatable bonds is 4. The van der Waals surface area contributed by atoms with Gasteiger partial charge in [0.2, 0.25) is 0 Å². The van der Waals surface area contributed by atoms with Crippen LogP contribution in [0.3, 0.4) is 0 Å². The van der Waals surface area contributed by atoms with Crippen molar-refractivity contribution in [2.24, 2.45) is 5.73 Å². The number of carboxylic acid groups (broad SMARTS) is 1. The minimum absolute atomic E-state index is 0.237. The topological polar surface area (TPSA) is 82.3 Å². The number of aromatic nitrogens is 1. The van der Waals surface area contributed by atoms with E-state index in [0.717, 1.165) is 16.5 Å². The van der Waals surface area contributed by atoms with Gasteiger partial charge in [0.05, 0.1) is 0 Å². The Hall–Kier alpha value is -2.01. The second kappa shape index (κ2) is 5.77. The molecule has 0 radical (unpaired) electrons. The van der Waals surface area contributed by atoms with Crippen molar-refractivity contribution in [2.75, 3.05) is 6.54 Å². The van der Waals surface area contributed by atoms with Crippen molar-refractivity contribution in [1.29, 1.82) is 0 Å². The quantitative estimate of drug-likeness (QED) is 0.809.